The third kappa shape index (κ3) is 11.5. The normalized spacial score (nSPS) is 14.0. The number of hydrogen-bond donors (Lipinski definition) is 2. The Kier molecular flexibility index (Phi) is 14.3. The largest absolute Gasteiger partial charge is 0.464 e. The fourth-order valence-electron chi connectivity index (χ4n) is 2.61. The minimum atomic E-state index is -0.770. The van der Waals surface area contributed by atoms with Crippen molar-refractivity contribution in [3.8, 4) is 0 Å². The summed E-state index contributed by atoms with van der Waals surface area (Å²) in [5.41, 5.74) is 0. The zero-order chi connectivity index (χ0) is 20.7. The smallest absolute Gasteiger partial charge is 0.407 e. The summed E-state index contributed by atoms with van der Waals surface area (Å²) in [6.07, 6.45) is 8.02. The lowest BCUT2D eigenvalue weighted by molar-refractivity contribution is -0.147. The Morgan fingerprint density at radius 2 is 1.48 bits per heavy atom. The second-order valence-electron chi connectivity index (χ2n) is 7.02. The number of carbonyl (C=O) groups is 3. The van der Waals surface area contributed by atoms with Crippen LogP contribution < -0.4 is 10.6 Å². The van der Waals surface area contributed by atoms with Gasteiger partial charge < -0.3 is 20.1 Å². The fourth-order valence-corrected chi connectivity index (χ4v) is 2.61. The van der Waals surface area contributed by atoms with Gasteiger partial charge in [-0.15, -0.1) is 0 Å². The fraction of sp³-hybridized carbons (Fsp3) is 0.850. The molecule has 2 N–H and O–H groups in total. The highest BCUT2D eigenvalue weighted by molar-refractivity contribution is 5.89. The molecule has 7 nitrogen and oxygen atoms in total. The average molecular weight is 387 g/mol. The van der Waals surface area contributed by atoms with Crippen LogP contribution in [0, 0.1) is 5.92 Å². The van der Waals surface area contributed by atoms with Crippen molar-refractivity contribution in [2.75, 3.05) is 13.7 Å². The molecule has 0 spiro atoms. The Morgan fingerprint density at radius 3 is 2.04 bits per heavy atom. The predicted molar refractivity (Wildman–Crippen MR) is 105 cm³/mol. The van der Waals surface area contributed by atoms with Crippen molar-refractivity contribution < 1.29 is 23.9 Å². The lowest BCUT2D eigenvalue weighted by Crippen LogP contribution is -2.53. The van der Waals surface area contributed by atoms with Crippen LogP contribution in [0.15, 0.2) is 0 Å². The number of alkyl carbamates (subject to hydrolysis) is 1. The molecular formula is C20H38N2O5. The first-order valence-electron chi connectivity index (χ1n) is 10.2. The molecule has 0 saturated heterocycles. The Labute approximate surface area is 163 Å². The van der Waals surface area contributed by atoms with Gasteiger partial charge in [0.05, 0.1) is 13.7 Å². The van der Waals surface area contributed by atoms with Crippen LogP contribution >= 0.6 is 0 Å². The summed E-state index contributed by atoms with van der Waals surface area (Å²) in [7, 11) is 1.24. The van der Waals surface area contributed by atoms with Gasteiger partial charge in [-0.3, -0.25) is 4.79 Å². The first-order valence-corrected chi connectivity index (χ1v) is 10.2. The molecule has 27 heavy (non-hydrogen) atoms. The van der Waals surface area contributed by atoms with E-state index in [2.05, 4.69) is 22.3 Å². The highest BCUT2D eigenvalue weighted by Crippen LogP contribution is 2.09. The quantitative estimate of drug-likeness (QED) is 0.352. The second kappa shape index (κ2) is 15.3. The molecule has 0 aromatic carbocycles. The Hall–Kier alpha value is -1.79. The first kappa shape index (κ1) is 25.2. The number of nitrogens with one attached hydrogen (secondary N) is 2. The summed E-state index contributed by atoms with van der Waals surface area (Å²) < 4.78 is 9.80. The number of methoxy groups -OCH3 is 1. The van der Waals surface area contributed by atoms with Crippen LogP contribution in [0.4, 0.5) is 4.79 Å². The second-order valence-corrected chi connectivity index (χ2v) is 7.02. The van der Waals surface area contributed by atoms with E-state index in [-0.39, 0.29) is 5.92 Å². The lowest BCUT2D eigenvalue weighted by Gasteiger charge is -2.24. The van der Waals surface area contributed by atoms with Crippen molar-refractivity contribution in [3.63, 3.8) is 0 Å². The first-order chi connectivity index (χ1) is 12.9. The summed E-state index contributed by atoms with van der Waals surface area (Å²) in [6.45, 7) is 7.91. The van der Waals surface area contributed by atoms with E-state index < -0.39 is 30.1 Å². The summed E-state index contributed by atoms with van der Waals surface area (Å²) in [4.78, 5) is 35.9. The van der Waals surface area contributed by atoms with Gasteiger partial charge in [-0.05, 0) is 19.3 Å². The third-order valence-corrected chi connectivity index (χ3v) is 4.66. The molecule has 7 heteroatoms. The van der Waals surface area contributed by atoms with Gasteiger partial charge in [-0.1, -0.05) is 65.7 Å². The topological polar surface area (TPSA) is 93.7 Å². The van der Waals surface area contributed by atoms with E-state index >= 15 is 0 Å². The molecule has 3 unspecified atom stereocenters. The van der Waals surface area contributed by atoms with E-state index in [1.54, 1.807) is 6.92 Å². The maximum absolute atomic E-state index is 12.4. The van der Waals surface area contributed by atoms with Crippen molar-refractivity contribution in [2.45, 2.75) is 91.1 Å². The maximum Gasteiger partial charge on any atom is 0.407 e. The van der Waals surface area contributed by atoms with Crippen molar-refractivity contribution in [3.05, 3.63) is 0 Å². The third-order valence-electron chi connectivity index (χ3n) is 4.66. The van der Waals surface area contributed by atoms with Crippen LogP contribution in [0.3, 0.4) is 0 Å². The van der Waals surface area contributed by atoms with E-state index in [0.29, 0.717) is 13.0 Å². The summed E-state index contributed by atoms with van der Waals surface area (Å²) >= 11 is 0. The molecule has 0 rings (SSSR count). The van der Waals surface area contributed by atoms with Crippen molar-refractivity contribution in [1.29, 1.82) is 0 Å². The molecule has 0 aliphatic heterocycles. The van der Waals surface area contributed by atoms with E-state index in [1.165, 1.54) is 32.8 Å². The monoisotopic (exact) mass is 386 g/mol. The minimum absolute atomic E-state index is 0.0972. The van der Waals surface area contributed by atoms with Crippen LogP contribution in [0.5, 0.6) is 0 Å². The van der Waals surface area contributed by atoms with Gasteiger partial charge >= 0.3 is 12.1 Å². The standard InChI is InChI=1S/C20H38N2O5/c1-6-8-9-10-11-12-13-14-27-19(24)16(4)21-18(23)17(15(3)7-2)22-20(25)26-5/h15-17H,6-14H2,1-5H3,(H,21,23)(H,22,25). The Bertz CT molecular complexity index is 442. The maximum atomic E-state index is 12.4. The summed E-state index contributed by atoms with van der Waals surface area (Å²) in [5.74, 6) is -0.981. The van der Waals surface area contributed by atoms with Gasteiger partial charge in [0.15, 0.2) is 0 Å². The number of ether oxygens (including phenoxy) is 2. The zero-order valence-electron chi connectivity index (χ0n) is 17.6. The zero-order valence-corrected chi connectivity index (χ0v) is 17.6. The van der Waals surface area contributed by atoms with E-state index in [1.807, 2.05) is 13.8 Å². The molecule has 0 fully saturated rings. The van der Waals surface area contributed by atoms with Crippen LogP contribution in [0.2, 0.25) is 0 Å². The van der Waals surface area contributed by atoms with Gasteiger partial charge in [0.2, 0.25) is 5.91 Å². The van der Waals surface area contributed by atoms with Crippen LogP contribution in [-0.2, 0) is 19.1 Å². The molecule has 3 atom stereocenters. The van der Waals surface area contributed by atoms with E-state index in [4.69, 9.17) is 4.74 Å². The van der Waals surface area contributed by atoms with E-state index in [9.17, 15) is 14.4 Å². The molecule has 0 bridgehead atoms. The molecule has 0 saturated carbocycles. The van der Waals surface area contributed by atoms with Crippen LogP contribution in [0.25, 0.3) is 0 Å². The van der Waals surface area contributed by atoms with Crippen molar-refractivity contribution in [1.82, 2.24) is 10.6 Å². The summed E-state index contributed by atoms with van der Waals surface area (Å²) in [5, 5.41) is 5.13. The number of amides is 2. The van der Waals surface area contributed by atoms with Crippen molar-refractivity contribution >= 4 is 18.0 Å². The highest BCUT2D eigenvalue weighted by atomic mass is 16.5. The van der Waals surface area contributed by atoms with Gasteiger partial charge in [-0.2, -0.15) is 0 Å². The predicted octanol–water partition coefficient (Wildman–Crippen LogP) is 3.56. The van der Waals surface area contributed by atoms with Gasteiger partial charge in [0.25, 0.3) is 0 Å². The van der Waals surface area contributed by atoms with E-state index in [0.717, 1.165) is 19.3 Å². The minimum Gasteiger partial charge on any atom is -0.464 e. The number of esters is 1. The molecule has 0 aromatic heterocycles. The Balaban J connectivity index is 4.22. The number of rotatable bonds is 14. The molecule has 0 radical (unpaired) electrons. The van der Waals surface area contributed by atoms with Gasteiger partial charge in [0, 0.05) is 0 Å². The Morgan fingerprint density at radius 1 is 0.889 bits per heavy atom. The molecule has 0 aliphatic rings. The van der Waals surface area contributed by atoms with Gasteiger partial charge in [0.1, 0.15) is 12.1 Å². The van der Waals surface area contributed by atoms with Crippen LogP contribution in [0.1, 0.15) is 79.1 Å². The molecule has 0 heterocycles. The molecule has 0 aromatic rings. The lowest BCUT2D eigenvalue weighted by atomic mass is 9.98. The highest BCUT2D eigenvalue weighted by Gasteiger charge is 2.28. The molecule has 2 amide bonds. The van der Waals surface area contributed by atoms with Crippen LogP contribution in [-0.4, -0.2) is 43.8 Å². The summed E-state index contributed by atoms with van der Waals surface area (Å²) in [6, 6.07) is -1.53. The molecule has 158 valence electrons. The molecule has 0 aliphatic carbocycles. The number of hydrogen-bond acceptors (Lipinski definition) is 5. The average Bonchev–Trinajstić information content (AvgIpc) is 2.66. The number of carbonyl (C=O) groups excluding carboxylic acids is 3. The molecular weight excluding hydrogens is 348 g/mol. The SMILES string of the molecule is CCCCCCCCCOC(=O)C(C)NC(=O)C(NC(=O)OC)C(C)CC. The van der Waals surface area contributed by atoms with Crippen molar-refractivity contribution in [2.24, 2.45) is 5.92 Å². The number of unbranched alkanes of at least 4 members (excludes halogenated alkanes) is 6. The van der Waals surface area contributed by atoms with Gasteiger partial charge in [-0.25, -0.2) is 9.59 Å².